The first-order chi connectivity index (χ1) is 14.0. The lowest BCUT2D eigenvalue weighted by molar-refractivity contribution is -0.132. The second-order valence-corrected chi connectivity index (χ2v) is 8.97. The van der Waals surface area contributed by atoms with Crippen molar-refractivity contribution < 1.29 is 14.1 Å². The molecule has 1 fully saturated rings. The van der Waals surface area contributed by atoms with Crippen molar-refractivity contribution in [1.29, 1.82) is 0 Å². The minimum atomic E-state index is -0.0762. The summed E-state index contributed by atoms with van der Waals surface area (Å²) >= 11 is 0. The number of nitrogens with one attached hydrogen (secondary N) is 1. The molecule has 1 aliphatic rings. The SMILES string of the molecule is Cc1noc(C)c1CC(=O)N1CCN(CC(=O)Nc2cc(C(C)(C)C)nn2C)CC1. The van der Waals surface area contributed by atoms with E-state index in [-0.39, 0.29) is 17.2 Å². The van der Waals surface area contributed by atoms with Gasteiger partial charge in [0.1, 0.15) is 11.6 Å². The molecule has 3 rings (SSSR count). The van der Waals surface area contributed by atoms with Gasteiger partial charge in [0.15, 0.2) is 0 Å². The molecule has 9 nitrogen and oxygen atoms in total. The Hall–Kier alpha value is -2.68. The molecular weight excluding hydrogens is 384 g/mol. The van der Waals surface area contributed by atoms with Crippen LogP contribution in [0.5, 0.6) is 0 Å². The monoisotopic (exact) mass is 416 g/mol. The molecule has 1 N–H and O–H groups in total. The molecule has 1 saturated heterocycles. The Morgan fingerprint density at radius 1 is 1.17 bits per heavy atom. The Balaban J connectivity index is 1.48. The summed E-state index contributed by atoms with van der Waals surface area (Å²) in [4.78, 5) is 29.0. The van der Waals surface area contributed by atoms with Gasteiger partial charge in [0.25, 0.3) is 0 Å². The zero-order valence-corrected chi connectivity index (χ0v) is 18.8. The smallest absolute Gasteiger partial charge is 0.239 e. The number of rotatable bonds is 5. The molecule has 2 aromatic heterocycles. The molecule has 0 unspecified atom stereocenters. The molecule has 0 spiro atoms. The van der Waals surface area contributed by atoms with Crippen LogP contribution in [0.2, 0.25) is 0 Å². The summed E-state index contributed by atoms with van der Waals surface area (Å²) in [6.45, 7) is 12.8. The van der Waals surface area contributed by atoms with Crippen molar-refractivity contribution in [1.82, 2.24) is 24.7 Å². The van der Waals surface area contributed by atoms with Crippen LogP contribution >= 0.6 is 0 Å². The number of carbonyl (C=O) groups is 2. The van der Waals surface area contributed by atoms with Crippen LogP contribution in [0, 0.1) is 13.8 Å². The summed E-state index contributed by atoms with van der Waals surface area (Å²) in [5, 5.41) is 11.3. The van der Waals surface area contributed by atoms with E-state index in [0.29, 0.717) is 50.7 Å². The Morgan fingerprint density at radius 3 is 2.37 bits per heavy atom. The number of aryl methyl sites for hydroxylation is 3. The molecule has 3 heterocycles. The summed E-state index contributed by atoms with van der Waals surface area (Å²) in [5.74, 6) is 1.38. The maximum Gasteiger partial charge on any atom is 0.239 e. The van der Waals surface area contributed by atoms with E-state index < -0.39 is 0 Å². The molecule has 0 atom stereocenters. The lowest BCUT2D eigenvalue weighted by atomic mass is 9.92. The number of hydrogen-bond donors (Lipinski definition) is 1. The van der Waals surface area contributed by atoms with Crippen LogP contribution in [0.1, 0.15) is 43.5 Å². The van der Waals surface area contributed by atoms with Gasteiger partial charge in [0, 0.05) is 50.3 Å². The van der Waals surface area contributed by atoms with Gasteiger partial charge in [0.2, 0.25) is 11.8 Å². The highest BCUT2D eigenvalue weighted by atomic mass is 16.5. The first kappa shape index (κ1) is 22.0. The first-order valence-electron chi connectivity index (χ1n) is 10.3. The second kappa shape index (κ2) is 8.59. The van der Waals surface area contributed by atoms with Crippen LogP contribution in [0.15, 0.2) is 10.6 Å². The van der Waals surface area contributed by atoms with Crippen molar-refractivity contribution in [2.24, 2.45) is 7.05 Å². The van der Waals surface area contributed by atoms with Crippen LogP contribution in [-0.2, 0) is 28.5 Å². The van der Waals surface area contributed by atoms with E-state index in [0.717, 1.165) is 17.0 Å². The molecule has 164 valence electrons. The molecule has 30 heavy (non-hydrogen) atoms. The van der Waals surface area contributed by atoms with E-state index in [1.165, 1.54) is 0 Å². The standard InChI is InChI=1S/C21H32N6O3/c1-14-16(15(2)30-24-14)11-20(29)27-9-7-26(8-10-27)13-19(28)22-18-12-17(21(3,4)5)23-25(18)6/h12H,7-11,13H2,1-6H3,(H,22,28). The van der Waals surface area contributed by atoms with Gasteiger partial charge < -0.3 is 14.7 Å². The molecule has 0 bridgehead atoms. The van der Waals surface area contributed by atoms with Crippen molar-refractivity contribution in [3.8, 4) is 0 Å². The van der Waals surface area contributed by atoms with E-state index in [1.807, 2.05) is 31.9 Å². The molecule has 0 aromatic carbocycles. The number of hydrogen-bond acceptors (Lipinski definition) is 6. The van der Waals surface area contributed by atoms with E-state index in [1.54, 1.807) is 4.68 Å². The quantitative estimate of drug-likeness (QED) is 0.796. The Kier molecular flexibility index (Phi) is 6.30. The van der Waals surface area contributed by atoms with Gasteiger partial charge in [-0.2, -0.15) is 5.10 Å². The third-order valence-electron chi connectivity index (χ3n) is 5.52. The van der Waals surface area contributed by atoms with E-state index >= 15 is 0 Å². The number of aromatic nitrogens is 3. The normalized spacial score (nSPS) is 15.5. The molecule has 0 saturated carbocycles. The fourth-order valence-corrected chi connectivity index (χ4v) is 3.51. The van der Waals surface area contributed by atoms with Crippen molar-refractivity contribution in [3.63, 3.8) is 0 Å². The zero-order chi connectivity index (χ0) is 22.1. The summed E-state index contributed by atoms with van der Waals surface area (Å²) < 4.78 is 6.84. The van der Waals surface area contributed by atoms with Crippen LogP contribution in [0.25, 0.3) is 0 Å². The number of anilines is 1. The van der Waals surface area contributed by atoms with Crippen LogP contribution < -0.4 is 5.32 Å². The predicted molar refractivity (Wildman–Crippen MR) is 113 cm³/mol. The van der Waals surface area contributed by atoms with Crippen LogP contribution in [0.4, 0.5) is 5.82 Å². The lowest BCUT2D eigenvalue weighted by Crippen LogP contribution is -2.50. The summed E-state index contributed by atoms with van der Waals surface area (Å²) in [7, 11) is 1.83. The maximum atomic E-state index is 12.6. The average Bonchev–Trinajstić information content (AvgIpc) is 3.19. The predicted octanol–water partition coefficient (Wildman–Crippen LogP) is 1.65. The average molecular weight is 417 g/mol. The number of carbonyl (C=O) groups excluding carboxylic acids is 2. The van der Waals surface area contributed by atoms with E-state index in [2.05, 4.69) is 41.2 Å². The lowest BCUT2D eigenvalue weighted by Gasteiger charge is -2.34. The largest absolute Gasteiger partial charge is 0.361 e. The molecular formula is C21H32N6O3. The van der Waals surface area contributed by atoms with Gasteiger partial charge in [-0.3, -0.25) is 19.2 Å². The van der Waals surface area contributed by atoms with Crippen molar-refractivity contribution in [3.05, 3.63) is 28.8 Å². The van der Waals surface area contributed by atoms with E-state index in [9.17, 15) is 9.59 Å². The number of nitrogens with zero attached hydrogens (tertiary/aromatic N) is 5. The third-order valence-corrected chi connectivity index (χ3v) is 5.52. The van der Waals surface area contributed by atoms with Gasteiger partial charge in [-0.05, 0) is 13.8 Å². The van der Waals surface area contributed by atoms with Crippen LogP contribution in [-0.4, -0.2) is 69.3 Å². The molecule has 1 aliphatic heterocycles. The Labute approximate surface area is 177 Å². The fraction of sp³-hybridized carbons (Fsp3) is 0.619. The van der Waals surface area contributed by atoms with Gasteiger partial charge in [-0.15, -0.1) is 0 Å². The highest BCUT2D eigenvalue weighted by molar-refractivity contribution is 5.91. The highest BCUT2D eigenvalue weighted by Gasteiger charge is 2.25. The van der Waals surface area contributed by atoms with Crippen LogP contribution in [0.3, 0.4) is 0 Å². The van der Waals surface area contributed by atoms with Gasteiger partial charge >= 0.3 is 0 Å². The van der Waals surface area contributed by atoms with E-state index in [4.69, 9.17) is 4.52 Å². The maximum absolute atomic E-state index is 12.6. The van der Waals surface area contributed by atoms with Gasteiger partial charge in [0.05, 0.1) is 24.4 Å². The Bertz CT molecular complexity index is 896. The first-order valence-corrected chi connectivity index (χ1v) is 10.3. The fourth-order valence-electron chi connectivity index (χ4n) is 3.51. The third kappa shape index (κ3) is 5.08. The summed E-state index contributed by atoms with van der Waals surface area (Å²) in [6, 6.07) is 1.92. The Morgan fingerprint density at radius 2 is 1.83 bits per heavy atom. The molecule has 2 amide bonds. The van der Waals surface area contributed by atoms with Gasteiger partial charge in [-0.1, -0.05) is 25.9 Å². The molecule has 9 heteroatoms. The molecule has 0 aliphatic carbocycles. The topological polar surface area (TPSA) is 96.5 Å². The second-order valence-electron chi connectivity index (χ2n) is 8.97. The number of amides is 2. The van der Waals surface area contributed by atoms with Gasteiger partial charge in [-0.25, -0.2) is 0 Å². The van der Waals surface area contributed by atoms with Crippen molar-refractivity contribution >= 4 is 17.6 Å². The van der Waals surface area contributed by atoms with Crippen molar-refractivity contribution in [2.75, 3.05) is 38.0 Å². The minimum absolute atomic E-state index is 0.0677. The zero-order valence-electron chi connectivity index (χ0n) is 18.8. The summed E-state index contributed by atoms with van der Waals surface area (Å²) in [5.41, 5.74) is 2.49. The number of piperazine rings is 1. The van der Waals surface area contributed by atoms with Crippen molar-refractivity contribution in [2.45, 2.75) is 46.5 Å². The molecule has 0 radical (unpaired) electrons. The minimum Gasteiger partial charge on any atom is -0.361 e. The summed E-state index contributed by atoms with van der Waals surface area (Å²) in [6.07, 6.45) is 0.304. The molecule has 2 aromatic rings. The highest BCUT2D eigenvalue weighted by Crippen LogP contribution is 2.23.